The van der Waals surface area contributed by atoms with Crippen LogP contribution in [0.5, 0.6) is 0 Å². The smallest absolute Gasteiger partial charge is 0.193 e. The molecule has 1 aromatic carbocycles. The van der Waals surface area contributed by atoms with Gasteiger partial charge in [-0.05, 0) is 62.5 Å². The number of hydrogen-bond acceptors (Lipinski definition) is 2. The number of anilines is 1. The number of nitrogens with two attached hydrogens (primary N) is 1. The quantitative estimate of drug-likeness (QED) is 0.599. The standard InChI is InChI=1S/C19H32N4/c1-5-14(6-2)18(23(3)4)13-21-19(20)22-17-11-10-15-8-7-9-16(15)12-17/h10-12,14,18H,5-9,13H2,1-4H3,(H3,20,21,22). The molecule has 3 N–H and O–H groups in total. The zero-order valence-corrected chi connectivity index (χ0v) is 15.1. The van der Waals surface area contributed by atoms with Crippen molar-refractivity contribution in [2.24, 2.45) is 16.6 Å². The van der Waals surface area contributed by atoms with Crippen LogP contribution in [0.1, 0.15) is 44.2 Å². The fourth-order valence-electron chi connectivity index (χ4n) is 3.60. The van der Waals surface area contributed by atoms with Gasteiger partial charge in [0.2, 0.25) is 0 Å². The van der Waals surface area contributed by atoms with E-state index < -0.39 is 0 Å². The van der Waals surface area contributed by atoms with Crippen LogP contribution in [0.2, 0.25) is 0 Å². The maximum Gasteiger partial charge on any atom is 0.193 e. The van der Waals surface area contributed by atoms with Gasteiger partial charge in [0.25, 0.3) is 0 Å². The van der Waals surface area contributed by atoms with Crippen LogP contribution < -0.4 is 11.1 Å². The third-order valence-corrected chi connectivity index (χ3v) is 5.08. The van der Waals surface area contributed by atoms with Gasteiger partial charge in [0.05, 0.1) is 6.54 Å². The molecule has 128 valence electrons. The molecule has 1 aliphatic carbocycles. The van der Waals surface area contributed by atoms with Gasteiger partial charge >= 0.3 is 0 Å². The van der Waals surface area contributed by atoms with E-state index >= 15 is 0 Å². The summed E-state index contributed by atoms with van der Waals surface area (Å²) in [5.41, 5.74) is 10.1. The van der Waals surface area contributed by atoms with Crippen LogP contribution in [0.3, 0.4) is 0 Å². The molecule has 4 nitrogen and oxygen atoms in total. The van der Waals surface area contributed by atoms with E-state index in [2.05, 4.69) is 61.4 Å². The fraction of sp³-hybridized carbons (Fsp3) is 0.632. The van der Waals surface area contributed by atoms with Gasteiger partial charge < -0.3 is 16.0 Å². The summed E-state index contributed by atoms with van der Waals surface area (Å²) in [6.07, 6.45) is 6.00. The molecule has 1 unspecified atom stereocenters. The van der Waals surface area contributed by atoms with Crippen LogP contribution in [0.25, 0.3) is 0 Å². The number of rotatable bonds is 7. The summed E-state index contributed by atoms with van der Waals surface area (Å²) in [6, 6.07) is 6.97. The van der Waals surface area contributed by atoms with E-state index in [0.717, 1.165) is 12.2 Å². The number of hydrogen-bond donors (Lipinski definition) is 2. The average molecular weight is 316 g/mol. The molecule has 0 fully saturated rings. The number of aliphatic imine (C=N–C) groups is 1. The molecular weight excluding hydrogens is 284 g/mol. The van der Waals surface area contributed by atoms with Crippen LogP contribution in [-0.4, -0.2) is 37.5 Å². The van der Waals surface area contributed by atoms with Crippen molar-refractivity contribution in [1.29, 1.82) is 0 Å². The molecule has 4 heteroatoms. The SMILES string of the molecule is CCC(CC)C(CN=C(N)Nc1ccc2c(c1)CCC2)N(C)C. The Balaban J connectivity index is 1.98. The predicted molar refractivity (Wildman–Crippen MR) is 100 cm³/mol. The highest BCUT2D eigenvalue weighted by molar-refractivity contribution is 5.92. The van der Waals surface area contributed by atoms with E-state index in [4.69, 9.17) is 5.73 Å². The van der Waals surface area contributed by atoms with Gasteiger partial charge in [0.15, 0.2) is 5.96 Å². The van der Waals surface area contributed by atoms with Crippen molar-refractivity contribution in [3.05, 3.63) is 29.3 Å². The van der Waals surface area contributed by atoms with E-state index in [-0.39, 0.29) is 0 Å². The molecule has 0 heterocycles. The summed E-state index contributed by atoms with van der Waals surface area (Å²) < 4.78 is 0. The lowest BCUT2D eigenvalue weighted by Gasteiger charge is -2.30. The minimum absolute atomic E-state index is 0.436. The molecule has 0 radical (unpaired) electrons. The van der Waals surface area contributed by atoms with E-state index in [1.165, 1.54) is 43.2 Å². The Morgan fingerprint density at radius 1 is 1.22 bits per heavy atom. The molecule has 0 saturated heterocycles. The highest BCUT2D eigenvalue weighted by Gasteiger charge is 2.20. The topological polar surface area (TPSA) is 53.6 Å². The summed E-state index contributed by atoms with van der Waals surface area (Å²) in [7, 11) is 4.26. The number of likely N-dealkylation sites (N-methyl/N-ethyl adjacent to an activating group) is 1. The van der Waals surface area contributed by atoms with Gasteiger partial charge in [0.1, 0.15) is 0 Å². The first-order chi connectivity index (χ1) is 11.0. The molecule has 1 atom stereocenters. The molecule has 2 rings (SSSR count). The minimum Gasteiger partial charge on any atom is -0.370 e. The fourth-order valence-corrected chi connectivity index (χ4v) is 3.60. The van der Waals surface area contributed by atoms with Gasteiger partial charge in [-0.2, -0.15) is 0 Å². The Labute approximate surface area is 141 Å². The zero-order valence-electron chi connectivity index (χ0n) is 15.1. The van der Waals surface area contributed by atoms with E-state index in [0.29, 0.717) is 17.9 Å². The van der Waals surface area contributed by atoms with Crippen molar-refractivity contribution in [1.82, 2.24) is 4.90 Å². The minimum atomic E-state index is 0.436. The average Bonchev–Trinajstić information content (AvgIpc) is 2.98. The summed E-state index contributed by atoms with van der Waals surface area (Å²) in [5, 5.41) is 3.25. The van der Waals surface area contributed by atoms with Gasteiger partial charge in [0, 0.05) is 11.7 Å². The first-order valence-electron chi connectivity index (χ1n) is 8.90. The summed E-state index contributed by atoms with van der Waals surface area (Å²) in [5.74, 6) is 1.17. The Morgan fingerprint density at radius 2 is 1.91 bits per heavy atom. The molecule has 0 saturated carbocycles. The van der Waals surface area contributed by atoms with Crippen molar-refractivity contribution in [2.45, 2.75) is 52.0 Å². The second-order valence-electron chi connectivity index (χ2n) is 6.80. The maximum atomic E-state index is 6.10. The first kappa shape index (κ1) is 17.8. The van der Waals surface area contributed by atoms with Crippen molar-refractivity contribution < 1.29 is 0 Å². The number of aryl methyl sites for hydroxylation is 2. The lowest BCUT2D eigenvalue weighted by molar-refractivity contribution is 0.206. The van der Waals surface area contributed by atoms with Crippen LogP contribution in [0, 0.1) is 5.92 Å². The number of benzene rings is 1. The maximum absolute atomic E-state index is 6.10. The monoisotopic (exact) mass is 316 g/mol. The Bertz CT molecular complexity index is 532. The van der Waals surface area contributed by atoms with Gasteiger partial charge in [-0.25, -0.2) is 0 Å². The van der Waals surface area contributed by atoms with E-state index in [1.54, 1.807) is 0 Å². The van der Waals surface area contributed by atoms with Crippen molar-refractivity contribution in [2.75, 3.05) is 26.0 Å². The lowest BCUT2D eigenvalue weighted by atomic mass is 9.93. The van der Waals surface area contributed by atoms with Crippen molar-refractivity contribution in [3.63, 3.8) is 0 Å². The molecule has 0 amide bonds. The van der Waals surface area contributed by atoms with E-state index in [1.807, 2.05) is 0 Å². The van der Waals surface area contributed by atoms with Crippen LogP contribution >= 0.6 is 0 Å². The second-order valence-corrected chi connectivity index (χ2v) is 6.80. The Hall–Kier alpha value is -1.55. The lowest BCUT2D eigenvalue weighted by Crippen LogP contribution is -2.38. The van der Waals surface area contributed by atoms with E-state index in [9.17, 15) is 0 Å². The molecule has 0 bridgehead atoms. The number of nitrogens with one attached hydrogen (secondary N) is 1. The largest absolute Gasteiger partial charge is 0.370 e. The normalized spacial score (nSPS) is 16.0. The molecule has 23 heavy (non-hydrogen) atoms. The Morgan fingerprint density at radius 3 is 2.57 bits per heavy atom. The molecule has 0 spiro atoms. The summed E-state index contributed by atoms with van der Waals surface area (Å²) in [4.78, 5) is 6.86. The van der Waals surface area contributed by atoms with Crippen molar-refractivity contribution in [3.8, 4) is 0 Å². The van der Waals surface area contributed by atoms with Gasteiger partial charge in [-0.3, -0.25) is 4.99 Å². The first-order valence-corrected chi connectivity index (χ1v) is 8.90. The van der Waals surface area contributed by atoms with Gasteiger partial charge in [-0.1, -0.05) is 32.8 Å². The molecule has 0 aromatic heterocycles. The second kappa shape index (κ2) is 8.34. The third-order valence-electron chi connectivity index (χ3n) is 5.08. The summed E-state index contributed by atoms with van der Waals surface area (Å²) >= 11 is 0. The van der Waals surface area contributed by atoms with Crippen LogP contribution in [0.15, 0.2) is 23.2 Å². The molecule has 0 aliphatic heterocycles. The molecular formula is C19H32N4. The van der Waals surface area contributed by atoms with Crippen LogP contribution in [0.4, 0.5) is 5.69 Å². The third kappa shape index (κ3) is 4.71. The summed E-state index contributed by atoms with van der Waals surface area (Å²) in [6.45, 7) is 5.24. The Kier molecular flexibility index (Phi) is 6.46. The van der Waals surface area contributed by atoms with Crippen molar-refractivity contribution >= 4 is 11.6 Å². The molecule has 1 aliphatic rings. The predicted octanol–water partition coefficient (Wildman–Crippen LogP) is 3.27. The van der Waals surface area contributed by atoms with Gasteiger partial charge in [-0.15, -0.1) is 0 Å². The number of fused-ring (bicyclic) bond motifs is 1. The zero-order chi connectivity index (χ0) is 16.8. The highest BCUT2D eigenvalue weighted by atomic mass is 15.1. The van der Waals surface area contributed by atoms with Crippen LogP contribution in [-0.2, 0) is 12.8 Å². The number of guanidine groups is 1. The molecule has 1 aromatic rings. The number of nitrogens with zero attached hydrogens (tertiary/aromatic N) is 2. The highest BCUT2D eigenvalue weighted by Crippen LogP contribution is 2.24.